The van der Waals surface area contributed by atoms with Crippen LogP contribution in [0.2, 0.25) is 0 Å². The number of unbranched alkanes of at least 4 members (excludes halogenated alkanes) is 5. The molecule has 0 saturated heterocycles. The van der Waals surface area contributed by atoms with Crippen LogP contribution in [0.1, 0.15) is 70.3 Å². The van der Waals surface area contributed by atoms with Gasteiger partial charge in [0.25, 0.3) is 0 Å². The lowest BCUT2D eigenvalue weighted by Crippen LogP contribution is -2.73. The van der Waals surface area contributed by atoms with Crippen LogP contribution in [0.4, 0.5) is 65.9 Å². The Kier molecular flexibility index (Phi) is 11.6. The average Bonchev–Trinajstić information content (AvgIpc) is 2.84. The summed E-state index contributed by atoms with van der Waals surface area (Å²) in [5.41, 5.74) is -2.65. The van der Waals surface area contributed by atoms with E-state index in [1.807, 2.05) is 6.92 Å². The van der Waals surface area contributed by atoms with Crippen molar-refractivity contribution < 1.29 is 71.0 Å². The first-order valence-electron chi connectivity index (χ1n) is 12.4. The summed E-state index contributed by atoms with van der Waals surface area (Å²) in [6, 6.07) is 7.28. The zero-order valence-corrected chi connectivity index (χ0v) is 21.6. The number of benzene rings is 1. The van der Waals surface area contributed by atoms with E-state index in [2.05, 4.69) is 0 Å². The van der Waals surface area contributed by atoms with E-state index in [-0.39, 0.29) is 19.3 Å². The maximum Gasteiger partial charge on any atom is 0.460 e. The molecular weight excluding hydrogens is 601 g/mol. The van der Waals surface area contributed by atoms with Crippen molar-refractivity contribution in [2.45, 2.75) is 118 Å². The van der Waals surface area contributed by atoms with Crippen molar-refractivity contribution in [3.63, 3.8) is 0 Å². The van der Waals surface area contributed by atoms with Crippen molar-refractivity contribution in [1.82, 2.24) is 0 Å². The van der Waals surface area contributed by atoms with E-state index in [9.17, 15) is 71.0 Å². The predicted octanol–water partition coefficient (Wildman–Crippen LogP) is 9.87. The third-order valence-electron chi connectivity index (χ3n) is 6.66. The summed E-state index contributed by atoms with van der Waals surface area (Å²) in [7, 11) is 0. The first-order valence-corrected chi connectivity index (χ1v) is 12.4. The van der Waals surface area contributed by atoms with Gasteiger partial charge in [-0.05, 0) is 24.8 Å². The van der Waals surface area contributed by atoms with Gasteiger partial charge in [0, 0.05) is 6.42 Å². The number of hydrogen-bond donors (Lipinski definition) is 1. The maximum atomic E-state index is 14.7. The molecule has 0 heterocycles. The van der Waals surface area contributed by atoms with Crippen molar-refractivity contribution in [1.29, 1.82) is 0 Å². The van der Waals surface area contributed by atoms with Gasteiger partial charge in [-0.3, -0.25) is 0 Å². The summed E-state index contributed by atoms with van der Waals surface area (Å²) in [4.78, 5) is 0. The summed E-state index contributed by atoms with van der Waals surface area (Å²) >= 11 is 0. The highest BCUT2D eigenvalue weighted by atomic mass is 19.4. The molecule has 0 amide bonds. The topological polar surface area (TPSA) is 20.2 Å². The minimum Gasteiger partial charge on any atom is -0.390 e. The second-order valence-electron chi connectivity index (χ2n) is 9.98. The number of aryl methyl sites for hydroxylation is 1. The molecule has 0 spiro atoms. The summed E-state index contributed by atoms with van der Waals surface area (Å²) in [6.07, 6.45) is -9.47. The van der Waals surface area contributed by atoms with E-state index < -0.39 is 66.6 Å². The zero-order valence-electron chi connectivity index (χ0n) is 21.6. The minimum atomic E-state index is -8.34. The summed E-state index contributed by atoms with van der Waals surface area (Å²) in [6.45, 7) is 1.87. The Morgan fingerprint density at radius 1 is 0.537 bits per heavy atom. The van der Waals surface area contributed by atoms with E-state index in [1.165, 1.54) is 30.3 Å². The lowest BCUT2D eigenvalue weighted by Gasteiger charge is -2.43. The number of rotatable bonds is 17. The molecule has 240 valence electrons. The first-order chi connectivity index (χ1) is 18.3. The van der Waals surface area contributed by atoms with Crippen LogP contribution in [0, 0.1) is 0 Å². The van der Waals surface area contributed by atoms with Gasteiger partial charge in [-0.15, -0.1) is 0 Å². The molecule has 1 atom stereocenters. The number of aliphatic hydroxyl groups is 1. The SMILES string of the molecule is CCCCCCCCC(O)(CCc1ccccc1)CC(F)(F)C(F)(F)C(F)(F)C(F)(F)C(F)(F)C(F)(F)C(F)(F)F. The van der Waals surface area contributed by atoms with Gasteiger partial charge >= 0.3 is 41.7 Å². The second kappa shape index (κ2) is 12.8. The smallest absolute Gasteiger partial charge is 0.390 e. The second-order valence-corrected chi connectivity index (χ2v) is 9.98. The highest BCUT2D eigenvalue weighted by Crippen LogP contribution is 2.63. The molecule has 16 heteroatoms. The Labute approximate surface area is 226 Å². The first kappa shape index (κ1) is 37.2. The van der Waals surface area contributed by atoms with Gasteiger partial charge in [-0.25, -0.2) is 0 Å². The van der Waals surface area contributed by atoms with Gasteiger partial charge in [0.2, 0.25) is 0 Å². The quantitative estimate of drug-likeness (QED) is 0.134. The van der Waals surface area contributed by atoms with Gasteiger partial charge in [0.15, 0.2) is 0 Å². The normalized spacial score (nSPS) is 16.1. The highest BCUT2D eigenvalue weighted by molar-refractivity contribution is 5.16. The number of hydrogen-bond acceptors (Lipinski definition) is 1. The van der Waals surface area contributed by atoms with Crippen LogP contribution in [0.3, 0.4) is 0 Å². The van der Waals surface area contributed by atoms with E-state index in [0.29, 0.717) is 18.4 Å². The van der Waals surface area contributed by atoms with Crippen molar-refractivity contribution in [2.24, 2.45) is 0 Å². The van der Waals surface area contributed by atoms with Crippen LogP contribution in [0.25, 0.3) is 0 Å². The fourth-order valence-corrected chi connectivity index (χ4v) is 4.08. The molecule has 0 bridgehead atoms. The molecule has 0 radical (unpaired) electrons. The molecule has 41 heavy (non-hydrogen) atoms. The Morgan fingerprint density at radius 2 is 0.976 bits per heavy atom. The molecule has 0 saturated carbocycles. The van der Waals surface area contributed by atoms with Crippen molar-refractivity contribution in [2.75, 3.05) is 0 Å². The summed E-state index contributed by atoms with van der Waals surface area (Å²) in [5.74, 6) is -46.9. The fourth-order valence-electron chi connectivity index (χ4n) is 4.08. The molecule has 0 aliphatic carbocycles. The number of halogens is 15. The third-order valence-corrected chi connectivity index (χ3v) is 6.66. The Hall–Kier alpha value is -1.87. The molecule has 1 nitrogen and oxygen atoms in total. The van der Waals surface area contributed by atoms with Gasteiger partial charge in [-0.2, -0.15) is 65.9 Å². The predicted molar refractivity (Wildman–Crippen MR) is 118 cm³/mol. The van der Waals surface area contributed by atoms with E-state index in [4.69, 9.17) is 0 Å². The van der Waals surface area contributed by atoms with E-state index >= 15 is 0 Å². The van der Waals surface area contributed by atoms with Crippen LogP contribution in [-0.2, 0) is 6.42 Å². The Bertz CT molecular complexity index is 944. The van der Waals surface area contributed by atoms with Gasteiger partial charge in [0.05, 0.1) is 5.60 Å². The molecule has 1 unspecified atom stereocenters. The average molecular weight is 630 g/mol. The molecule has 1 N–H and O–H groups in total. The largest absolute Gasteiger partial charge is 0.460 e. The highest BCUT2D eigenvalue weighted by Gasteiger charge is 2.93. The van der Waals surface area contributed by atoms with Crippen molar-refractivity contribution in [3.05, 3.63) is 35.9 Å². The molecule has 0 aliphatic rings. The van der Waals surface area contributed by atoms with Crippen molar-refractivity contribution in [3.8, 4) is 0 Å². The Morgan fingerprint density at radius 3 is 1.46 bits per heavy atom. The summed E-state index contributed by atoms with van der Waals surface area (Å²) in [5, 5.41) is 10.8. The van der Waals surface area contributed by atoms with Crippen LogP contribution in [0.15, 0.2) is 30.3 Å². The number of alkyl halides is 15. The minimum absolute atomic E-state index is 0.140. The fraction of sp³-hybridized carbons (Fsp3) is 0.760. The standard InChI is InChI=1S/C25H29F15O/c1-2-3-4-5-6-10-14-18(41,15-13-17-11-8-7-9-12-17)16-19(26,27)20(28,29)21(30,31)22(32,33)23(34,35)24(36,37)25(38,39)40/h7-9,11-12,41H,2-6,10,13-16H2,1H3. The van der Waals surface area contributed by atoms with Gasteiger partial charge in [0.1, 0.15) is 0 Å². The molecule has 0 fully saturated rings. The van der Waals surface area contributed by atoms with E-state index in [0.717, 1.165) is 12.8 Å². The van der Waals surface area contributed by atoms with Crippen LogP contribution >= 0.6 is 0 Å². The van der Waals surface area contributed by atoms with Crippen LogP contribution < -0.4 is 0 Å². The monoisotopic (exact) mass is 630 g/mol. The lowest BCUT2D eigenvalue weighted by molar-refractivity contribution is -0.453. The van der Waals surface area contributed by atoms with Gasteiger partial charge < -0.3 is 5.11 Å². The Balaban J connectivity index is 3.38. The van der Waals surface area contributed by atoms with Crippen molar-refractivity contribution >= 4 is 0 Å². The van der Waals surface area contributed by atoms with Crippen LogP contribution in [0.5, 0.6) is 0 Å². The molecule has 1 aromatic rings. The molecule has 1 rings (SSSR count). The van der Waals surface area contributed by atoms with Gasteiger partial charge in [-0.1, -0.05) is 75.8 Å². The molecule has 1 aromatic carbocycles. The summed E-state index contributed by atoms with van der Waals surface area (Å²) < 4.78 is 204. The zero-order chi connectivity index (χ0) is 32.2. The van der Waals surface area contributed by atoms with Crippen LogP contribution in [-0.4, -0.2) is 52.4 Å². The molecule has 0 aromatic heterocycles. The molecular formula is C25H29F15O. The third kappa shape index (κ3) is 7.56. The lowest BCUT2D eigenvalue weighted by atomic mass is 9.80. The molecule has 0 aliphatic heterocycles. The van der Waals surface area contributed by atoms with E-state index in [1.54, 1.807) is 0 Å². The maximum absolute atomic E-state index is 14.7.